The number of aryl methyl sites for hydroxylation is 1. The van der Waals surface area contributed by atoms with E-state index >= 15 is 0 Å². The van der Waals surface area contributed by atoms with Crippen molar-refractivity contribution in [2.75, 3.05) is 5.32 Å². The fourth-order valence-corrected chi connectivity index (χ4v) is 3.45. The molecule has 3 nitrogen and oxygen atoms in total. The lowest BCUT2D eigenvalue weighted by atomic mass is 9.80. The maximum absolute atomic E-state index is 12.2. The first-order chi connectivity index (χ1) is 10.7. The summed E-state index contributed by atoms with van der Waals surface area (Å²) in [5.74, 6) is -0.103. The molecule has 1 amide bonds. The third kappa shape index (κ3) is 2.06. The zero-order chi connectivity index (χ0) is 15.1. The molecule has 1 aliphatic carbocycles. The lowest BCUT2D eigenvalue weighted by Gasteiger charge is -2.28. The van der Waals surface area contributed by atoms with Gasteiger partial charge in [0.15, 0.2) is 0 Å². The van der Waals surface area contributed by atoms with Gasteiger partial charge in [0.05, 0.1) is 6.10 Å². The predicted molar refractivity (Wildman–Crippen MR) is 86.3 cm³/mol. The summed E-state index contributed by atoms with van der Waals surface area (Å²) in [6.07, 6.45) is 3.20. The number of para-hydroxylation sites is 1. The van der Waals surface area contributed by atoms with Crippen molar-refractivity contribution in [1.82, 2.24) is 0 Å². The number of carbonyl (C=O) groups is 1. The van der Waals surface area contributed by atoms with Gasteiger partial charge in [-0.3, -0.25) is 4.79 Å². The van der Waals surface area contributed by atoms with Crippen molar-refractivity contribution in [2.45, 2.75) is 18.9 Å². The van der Waals surface area contributed by atoms with E-state index in [2.05, 4.69) is 11.4 Å². The zero-order valence-electron chi connectivity index (χ0n) is 12.1. The van der Waals surface area contributed by atoms with E-state index in [1.807, 2.05) is 48.5 Å². The van der Waals surface area contributed by atoms with Crippen LogP contribution in [-0.2, 0) is 11.2 Å². The second-order valence-electron chi connectivity index (χ2n) is 5.93. The van der Waals surface area contributed by atoms with E-state index in [0.29, 0.717) is 5.57 Å². The number of aliphatic hydroxyl groups excluding tert-OH is 1. The molecule has 0 spiro atoms. The Kier molecular flexibility index (Phi) is 3.09. The van der Waals surface area contributed by atoms with Crippen molar-refractivity contribution >= 4 is 17.2 Å². The number of rotatable bonds is 1. The highest BCUT2D eigenvalue weighted by atomic mass is 16.3. The van der Waals surface area contributed by atoms with Crippen molar-refractivity contribution in [1.29, 1.82) is 0 Å². The molecule has 0 saturated heterocycles. The molecule has 0 bridgehead atoms. The highest BCUT2D eigenvalue weighted by Gasteiger charge is 2.30. The lowest BCUT2D eigenvalue weighted by molar-refractivity contribution is -0.110. The average molecular weight is 291 g/mol. The minimum Gasteiger partial charge on any atom is -0.388 e. The van der Waals surface area contributed by atoms with Gasteiger partial charge in [-0.25, -0.2) is 0 Å². The average Bonchev–Trinajstić information content (AvgIpc) is 2.86. The van der Waals surface area contributed by atoms with Gasteiger partial charge in [-0.05, 0) is 30.0 Å². The van der Waals surface area contributed by atoms with Crippen LogP contribution in [0.1, 0.15) is 29.2 Å². The number of anilines is 1. The molecular formula is C19H17NO2. The Morgan fingerprint density at radius 3 is 2.77 bits per heavy atom. The van der Waals surface area contributed by atoms with Crippen LogP contribution in [0.15, 0.2) is 54.6 Å². The number of aliphatic hydroxyl groups is 1. The minimum atomic E-state index is -0.544. The van der Waals surface area contributed by atoms with E-state index in [-0.39, 0.29) is 11.8 Å². The summed E-state index contributed by atoms with van der Waals surface area (Å²) in [5, 5.41) is 13.5. The van der Waals surface area contributed by atoms with Gasteiger partial charge in [0.25, 0.3) is 5.91 Å². The highest BCUT2D eigenvalue weighted by Crippen LogP contribution is 2.39. The van der Waals surface area contributed by atoms with Crippen molar-refractivity contribution in [3.05, 3.63) is 71.3 Å². The molecule has 2 aromatic rings. The molecule has 2 N–H and O–H groups in total. The molecule has 1 heterocycles. The van der Waals surface area contributed by atoms with Crippen LogP contribution in [0.4, 0.5) is 5.69 Å². The van der Waals surface area contributed by atoms with Gasteiger partial charge in [0.2, 0.25) is 0 Å². The number of benzene rings is 2. The van der Waals surface area contributed by atoms with Gasteiger partial charge in [-0.1, -0.05) is 48.5 Å². The van der Waals surface area contributed by atoms with E-state index in [0.717, 1.165) is 29.7 Å². The number of carbonyl (C=O) groups excluding carboxylic acids is 1. The van der Waals surface area contributed by atoms with Crippen LogP contribution in [0, 0.1) is 5.92 Å². The van der Waals surface area contributed by atoms with Crippen molar-refractivity contribution < 1.29 is 9.90 Å². The van der Waals surface area contributed by atoms with Crippen LogP contribution in [0.2, 0.25) is 0 Å². The first kappa shape index (κ1) is 13.3. The zero-order valence-corrected chi connectivity index (χ0v) is 12.1. The Morgan fingerprint density at radius 1 is 1.09 bits per heavy atom. The number of amides is 1. The van der Waals surface area contributed by atoms with Gasteiger partial charge in [-0.15, -0.1) is 0 Å². The Labute approximate surface area is 129 Å². The number of hydrogen-bond donors (Lipinski definition) is 2. The predicted octanol–water partition coefficient (Wildman–Crippen LogP) is 3.32. The molecule has 0 aromatic heterocycles. The summed E-state index contributed by atoms with van der Waals surface area (Å²) in [4.78, 5) is 12.2. The van der Waals surface area contributed by atoms with Gasteiger partial charge in [0.1, 0.15) is 0 Å². The standard InChI is InChI=1S/C19H17NO2/c21-18-13(10-9-12-5-1-2-6-14(12)18)11-16-15-7-3-4-8-17(15)20-19(16)22/h1-8,11,13,18,21H,9-10H2,(H,20,22). The van der Waals surface area contributed by atoms with Gasteiger partial charge in [0, 0.05) is 22.7 Å². The Morgan fingerprint density at radius 2 is 1.86 bits per heavy atom. The minimum absolute atomic E-state index is 0.0261. The van der Waals surface area contributed by atoms with E-state index in [1.54, 1.807) is 0 Å². The molecular weight excluding hydrogens is 274 g/mol. The molecule has 22 heavy (non-hydrogen) atoms. The molecule has 110 valence electrons. The van der Waals surface area contributed by atoms with Crippen molar-refractivity contribution in [3.8, 4) is 0 Å². The van der Waals surface area contributed by atoms with Crippen molar-refractivity contribution in [2.24, 2.45) is 5.92 Å². The van der Waals surface area contributed by atoms with E-state index < -0.39 is 6.10 Å². The molecule has 2 atom stereocenters. The summed E-state index contributed by atoms with van der Waals surface area (Å²) < 4.78 is 0. The molecule has 0 fully saturated rings. The van der Waals surface area contributed by atoms with Crippen molar-refractivity contribution in [3.63, 3.8) is 0 Å². The fraction of sp³-hybridized carbons (Fsp3) is 0.211. The first-order valence-electron chi connectivity index (χ1n) is 7.62. The molecule has 2 unspecified atom stereocenters. The van der Waals surface area contributed by atoms with Gasteiger partial charge in [-0.2, -0.15) is 0 Å². The summed E-state index contributed by atoms with van der Waals surface area (Å²) >= 11 is 0. The third-order valence-electron chi connectivity index (χ3n) is 4.62. The van der Waals surface area contributed by atoms with Gasteiger partial charge >= 0.3 is 0 Å². The van der Waals surface area contributed by atoms with Crippen LogP contribution in [0.5, 0.6) is 0 Å². The van der Waals surface area contributed by atoms with Crippen LogP contribution in [-0.4, -0.2) is 11.0 Å². The second kappa shape index (κ2) is 5.11. The number of nitrogens with one attached hydrogen (secondary N) is 1. The number of fused-ring (bicyclic) bond motifs is 2. The Balaban J connectivity index is 1.71. The largest absolute Gasteiger partial charge is 0.388 e. The molecule has 4 rings (SSSR count). The molecule has 3 heteroatoms. The molecule has 0 radical (unpaired) electrons. The molecule has 2 aromatic carbocycles. The maximum Gasteiger partial charge on any atom is 0.256 e. The van der Waals surface area contributed by atoms with Crippen LogP contribution in [0.3, 0.4) is 0 Å². The molecule has 1 aliphatic heterocycles. The fourth-order valence-electron chi connectivity index (χ4n) is 3.45. The summed E-state index contributed by atoms with van der Waals surface area (Å²) in [6, 6.07) is 15.7. The molecule has 2 aliphatic rings. The molecule has 0 saturated carbocycles. The highest BCUT2D eigenvalue weighted by molar-refractivity contribution is 6.31. The topological polar surface area (TPSA) is 49.3 Å². The van der Waals surface area contributed by atoms with E-state index in [1.165, 1.54) is 5.56 Å². The Bertz CT molecular complexity index is 779. The van der Waals surface area contributed by atoms with Crippen LogP contribution in [0.25, 0.3) is 5.57 Å². The third-order valence-corrected chi connectivity index (χ3v) is 4.62. The number of hydrogen-bond acceptors (Lipinski definition) is 2. The first-order valence-corrected chi connectivity index (χ1v) is 7.62. The maximum atomic E-state index is 12.2. The monoisotopic (exact) mass is 291 g/mol. The summed E-state index contributed by atoms with van der Waals surface area (Å²) in [5.41, 5.74) is 4.66. The normalized spacial score (nSPS) is 24.8. The Hall–Kier alpha value is -2.39. The van der Waals surface area contributed by atoms with E-state index in [9.17, 15) is 9.90 Å². The summed E-state index contributed by atoms with van der Waals surface area (Å²) in [6.45, 7) is 0. The van der Waals surface area contributed by atoms with Gasteiger partial charge < -0.3 is 10.4 Å². The van der Waals surface area contributed by atoms with Crippen LogP contribution < -0.4 is 5.32 Å². The smallest absolute Gasteiger partial charge is 0.256 e. The van der Waals surface area contributed by atoms with E-state index in [4.69, 9.17) is 0 Å². The quantitative estimate of drug-likeness (QED) is 0.792. The second-order valence-corrected chi connectivity index (χ2v) is 5.93. The SMILES string of the molecule is O=C1Nc2ccccc2C1=CC1CCc2ccccc2C1O. The van der Waals surface area contributed by atoms with Crippen LogP contribution >= 0.6 is 0 Å². The summed E-state index contributed by atoms with van der Waals surface area (Å²) in [7, 11) is 0. The lowest BCUT2D eigenvalue weighted by Crippen LogP contribution is -2.19.